The lowest BCUT2D eigenvalue weighted by molar-refractivity contribution is -0.118. The molecule has 1 amide bonds. The van der Waals surface area contributed by atoms with Crippen LogP contribution < -0.4 is 11.1 Å². The Bertz CT molecular complexity index is 1380. The summed E-state index contributed by atoms with van der Waals surface area (Å²) < 4.78 is 14.6. The summed E-state index contributed by atoms with van der Waals surface area (Å²) in [6.07, 6.45) is 1.05. The Hall–Kier alpha value is -3.54. The molecule has 6 nitrogen and oxygen atoms in total. The Morgan fingerprint density at radius 3 is 2.65 bits per heavy atom. The zero-order chi connectivity index (χ0) is 24.1. The average Bonchev–Trinajstić information content (AvgIpc) is 3.16. The Labute approximate surface area is 205 Å². The molecule has 4 aromatic rings. The monoisotopic (exact) mass is 493 g/mol. The van der Waals surface area contributed by atoms with E-state index in [2.05, 4.69) is 16.5 Å². The third-order valence-corrected chi connectivity index (χ3v) is 6.64. The van der Waals surface area contributed by atoms with Gasteiger partial charge in [0.05, 0.1) is 17.1 Å². The SMILES string of the molecule is N#Cc1c(CCCNC(=O)CSc2cccc3cccc(Cl)c23)nn(-c2ccc(F)cc2)c1N. The van der Waals surface area contributed by atoms with Gasteiger partial charge in [-0.15, -0.1) is 11.8 Å². The maximum atomic E-state index is 13.2. The fraction of sp³-hybridized carbons (Fsp3) is 0.160. The molecule has 0 atom stereocenters. The number of amides is 1. The molecule has 0 fully saturated rings. The first kappa shape index (κ1) is 23.6. The van der Waals surface area contributed by atoms with E-state index in [1.807, 2.05) is 36.4 Å². The van der Waals surface area contributed by atoms with E-state index in [1.165, 1.54) is 28.6 Å². The Morgan fingerprint density at radius 1 is 1.18 bits per heavy atom. The molecule has 0 radical (unpaired) electrons. The van der Waals surface area contributed by atoms with Crippen molar-refractivity contribution in [3.63, 3.8) is 0 Å². The van der Waals surface area contributed by atoms with Gasteiger partial charge in [0, 0.05) is 21.8 Å². The number of aromatic nitrogens is 2. The minimum Gasteiger partial charge on any atom is -0.382 e. The molecule has 3 N–H and O–H groups in total. The van der Waals surface area contributed by atoms with Gasteiger partial charge in [-0.2, -0.15) is 10.4 Å². The molecule has 0 bridgehead atoms. The number of nitrogens with two attached hydrogens (primary N) is 1. The molecule has 0 aliphatic carbocycles. The summed E-state index contributed by atoms with van der Waals surface area (Å²) >= 11 is 7.79. The van der Waals surface area contributed by atoms with Gasteiger partial charge in [-0.1, -0.05) is 35.9 Å². The van der Waals surface area contributed by atoms with Gasteiger partial charge < -0.3 is 11.1 Å². The van der Waals surface area contributed by atoms with Crippen LogP contribution in [0, 0.1) is 17.1 Å². The Kier molecular flexibility index (Phi) is 7.36. The second-order valence-electron chi connectivity index (χ2n) is 7.54. The van der Waals surface area contributed by atoms with Gasteiger partial charge in [-0.25, -0.2) is 9.07 Å². The fourth-order valence-electron chi connectivity index (χ4n) is 3.61. The highest BCUT2D eigenvalue weighted by atomic mass is 35.5. The molecule has 0 saturated heterocycles. The molecule has 0 aliphatic heterocycles. The van der Waals surface area contributed by atoms with Crippen LogP contribution in [0.5, 0.6) is 0 Å². The number of thioether (sulfide) groups is 1. The molecule has 9 heteroatoms. The normalized spacial score (nSPS) is 10.9. The lowest BCUT2D eigenvalue weighted by Gasteiger charge is -2.08. The molecule has 1 aromatic heterocycles. The van der Waals surface area contributed by atoms with E-state index in [4.69, 9.17) is 17.3 Å². The molecular weight excluding hydrogens is 473 g/mol. The van der Waals surface area contributed by atoms with Gasteiger partial charge in [0.25, 0.3) is 0 Å². The minimum absolute atomic E-state index is 0.0917. The maximum Gasteiger partial charge on any atom is 0.230 e. The van der Waals surface area contributed by atoms with Crippen LogP contribution in [0.25, 0.3) is 16.5 Å². The van der Waals surface area contributed by atoms with Crippen LogP contribution in [0.3, 0.4) is 0 Å². The third kappa shape index (κ3) is 5.16. The predicted molar refractivity (Wildman–Crippen MR) is 134 cm³/mol. The summed E-state index contributed by atoms with van der Waals surface area (Å²) in [7, 11) is 0. The average molecular weight is 494 g/mol. The van der Waals surface area contributed by atoms with Gasteiger partial charge in [0.2, 0.25) is 5.91 Å². The van der Waals surface area contributed by atoms with E-state index in [9.17, 15) is 14.4 Å². The van der Waals surface area contributed by atoms with Crippen molar-refractivity contribution in [3.05, 3.63) is 82.8 Å². The first-order valence-corrected chi connectivity index (χ1v) is 11.9. The highest BCUT2D eigenvalue weighted by Crippen LogP contribution is 2.33. The van der Waals surface area contributed by atoms with Crippen molar-refractivity contribution >= 4 is 45.9 Å². The number of hydrogen-bond acceptors (Lipinski definition) is 5. The number of halogens is 2. The van der Waals surface area contributed by atoms with Crippen molar-refractivity contribution < 1.29 is 9.18 Å². The molecule has 0 unspecified atom stereocenters. The predicted octanol–water partition coefficient (Wildman–Crippen LogP) is 5.11. The van der Waals surface area contributed by atoms with Gasteiger partial charge >= 0.3 is 0 Å². The van der Waals surface area contributed by atoms with Crippen LogP contribution in [0.1, 0.15) is 17.7 Å². The van der Waals surface area contributed by atoms with Gasteiger partial charge in [0.1, 0.15) is 23.3 Å². The number of carbonyl (C=O) groups is 1. The molecular formula is C25H21ClFN5OS. The van der Waals surface area contributed by atoms with E-state index in [0.29, 0.717) is 41.4 Å². The molecule has 3 aromatic carbocycles. The molecule has 0 saturated carbocycles. The van der Waals surface area contributed by atoms with E-state index < -0.39 is 0 Å². The van der Waals surface area contributed by atoms with Crippen LogP contribution in [-0.4, -0.2) is 28.0 Å². The lowest BCUT2D eigenvalue weighted by Crippen LogP contribution is -2.26. The van der Waals surface area contributed by atoms with Crippen LogP contribution >= 0.6 is 23.4 Å². The molecule has 4 rings (SSSR count). The topological polar surface area (TPSA) is 96.7 Å². The van der Waals surface area contributed by atoms with E-state index in [-0.39, 0.29) is 23.3 Å². The highest BCUT2D eigenvalue weighted by Gasteiger charge is 2.16. The molecule has 1 heterocycles. The number of nitriles is 1. The first-order valence-electron chi connectivity index (χ1n) is 10.6. The van der Waals surface area contributed by atoms with Crippen molar-refractivity contribution in [2.24, 2.45) is 0 Å². The summed E-state index contributed by atoms with van der Waals surface area (Å²) in [6.45, 7) is 0.434. The van der Waals surface area contributed by atoms with Crippen molar-refractivity contribution in [1.29, 1.82) is 5.26 Å². The number of benzene rings is 3. The van der Waals surface area contributed by atoms with Crippen LogP contribution in [0.4, 0.5) is 10.2 Å². The zero-order valence-electron chi connectivity index (χ0n) is 18.1. The number of rotatable bonds is 8. The second-order valence-corrected chi connectivity index (χ2v) is 8.97. The number of carbonyl (C=O) groups excluding carboxylic acids is 1. The van der Waals surface area contributed by atoms with Crippen molar-refractivity contribution in [1.82, 2.24) is 15.1 Å². The highest BCUT2D eigenvalue weighted by molar-refractivity contribution is 8.00. The molecule has 0 aliphatic rings. The number of nitrogens with zero attached hydrogens (tertiary/aromatic N) is 3. The lowest BCUT2D eigenvalue weighted by atomic mass is 10.1. The molecule has 0 spiro atoms. The quantitative estimate of drug-likeness (QED) is 0.262. The van der Waals surface area contributed by atoms with Gasteiger partial charge in [-0.3, -0.25) is 4.79 Å². The van der Waals surface area contributed by atoms with Gasteiger partial charge in [-0.05, 0) is 54.6 Å². The van der Waals surface area contributed by atoms with Crippen molar-refractivity contribution in [2.75, 3.05) is 18.0 Å². The summed E-state index contributed by atoms with van der Waals surface area (Å²) in [5.41, 5.74) is 7.49. The minimum atomic E-state index is -0.368. The number of nitrogen functional groups attached to an aromatic ring is 1. The number of fused-ring (bicyclic) bond motifs is 1. The smallest absolute Gasteiger partial charge is 0.230 e. The number of nitrogens with one attached hydrogen (secondary N) is 1. The Morgan fingerprint density at radius 2 is 1.91 bits per heavy atom. The van der Waals surface area contributed by atoms with E-state index in [0.717, 1.165) is 15.7 Å². The maximum absolute atomic E-state index is 13.2. The molecule has 34 heavy (non-hydrogen) atoms. The number of aryl methyl sites for hydroxylation is 1. The van der Waals surface area contributed by atoms with E-state index in [1.54, 1.807) is 12.1 Å². The zero-order valence-corrected chi connectivity index (χ0v) is 19.7. The van der Waals surface area contributed by atoms with Crippen LogP contribution in [0.2, 0.25) is 5.02 Å². The molecule has 172 valence electrons. The summed E-state index contributed by atoms with van der Waals surface area (Å²) in [5, 5.41) is 19.5. The van der Waals surface area contributed by atoms with Crippen LogP contribution in [0.15, 0.2) is 65.6 Å². The van der Waals surface area contributed by atoms with Gasteiger partial charge in [0.15, 0.2) is 0 Å². The van der Waals surface area contributed by atoms with Crippen molar-refractivity contribution in [3.8, 4) is 11.8 Å². The first-order chi connectivity index (χ1) is 16.5. The largest absolute Gasteiger partial charge is 0.382 e. The fourth-order valence-corrected chi connectivity index (χ4v) is 4.89. The number of hydrogen-bond donors (Lipinski definition) is 2. The summed E-state index contributed by atoms with van der Waals surface area (Å²) in [5.74, 6) is 0.0109. The van der Waals surface area contributed by atoms with Crippen LogP contribution in [-0.2, 0) is 11.2 Å². The second kappa shape index (κ2) is 10.6. The van der Waals surface area contributed by atoms with Crippen molar-refractivity contribution in [2.45, 2.75) is 17.7 Å². The van der Waals surface area contributed by atoms with E-state index >= 15 is 0 Å². The standard InChI is InChI=1S/C25H21ClFN5OS/c26-20-6-1-4-16-5-2-8-22(24(16)20)34-15-23(33)30-13-3-7-21-19(14-28)25(29)32(31-21)18-11-9-17(27)10-12-18/h1-2,4-6,8-12H,3,7,13,15,29H2,(H,30,33). The Balaban J connectivity index is 1.32. The summed E-state index contributed by atoms with van der Waals surface area (Å²) in [4.78, 5) is 13.3. The summed E-state index contributed by atoms with van der Waals surface area (Å²) in [6, 6.07) is 19.4. The third-order valence-electron chi connectivity index (χ3n) is 5.26. The number of anilines is 1.